The number of hydrogen-bond donors (Lipinski definition) is 2. The predicted molar refractivity (Wildman–Crippen MR) is 140 cm³/mol. The van der Waals surface area contributed by atoms with Gasteiger partial charge in [0.15, 0.2) is 11.5 Å². The number of benzene rings is 1. The van der Waals surface area contributed by atoms with Gasteiger partial charge < -0.3 is 38.8 Å². The highest BCUT2D eigenvalue weighted by molar-refractivity contribution is 5.74. The number of carbonyl (C=O) groups is 4. The van der Waals surface area contributed by atoms with Crippen LogP contribution in [0.4, 0.5) is 14.4 Å². The molecule has 12 heteroatoms. The molecule has 0 heterocycles. The molecule has 2 N–H and O–H groups in total. The van der Waals surface area contributed by atoms with Crippen molar-refractivity contribution in [2.75, 3.05) is 26.4 Å². The van der Waals surface area contributed by atoms with Crippen molar-refractivity contribution in [3.8, 4) is 11.5 Å². The second-order valence-corrected chi connectivity index (χ2v) is 10.3. The summed E-state index contributed by atoms with van der Waals surface area (Å²) in [5.74, 6) is -1.10. The lowest BCUT2D eigenvalue weighted by Crippen LogP contribution is -2.42. The van der Waals surface area contributed by atoms with Crippen LogP contribution in [0.15, 0.2) is 18.2 Å². The first-order valence-electron chi connectivity index (χ1n) is 12.9. The summed E-state index contributed by atoms with van der Waals surface area (Å²) in [4.78, 5) is 47.9. The van der Waals surface area contributed by atoms with Crippen LogP contribution in [0.25, 0.3) is 0 Å². The Hall–Kier alpha value is -3.54. The minimum atomic E-state index is -1.15. The van der Waals surface area contributed by atoms with Crippen molar-refractivity contribution in [2.24, 2.45) is 17.8 Å². The molecule has 39 heavy (non-hydrogen) atoms. The fourth-order valence-corrected chi connectivity index (χ4v) is 2.82. The molecule has 0 saturated carbocycles. The monoisotopic (exact) mass is 555 g/mol. The van der Waals surface area contributed by atoms with E-state index in [4.69, 9.17) is 28.4 Å². The molecular weight excluding hydrogens is 514 g/mol. The van der Waals surface area contributed by atoms with E-state index in [0.717, 1.165) is 0 Å². The van der Waals surface area contributed by atoms with Gasteiger partial charge in [-0.05, 0) is 48.8 Å². The molecule has 0 aliphatic heterocycles. The van der Waals surface area contributed by atoms with Crippen LogP contribution < -0.4 is 14.8 Å². The van der Waals surface area contributed by atoms with Crippen LogP contribution in [-0.4, -0.2) is 68.1 Å². The lowest BCUT2D eigenvalue weighted by Gasteiger charge is -2.19. The second-order valence-electron chi connectivity index (χ2n) is 10.3. The third-order valence-electron chi connectivity index (χ3n) is 4.69. The second kappa shape index (κ2) is 17.1. The largest absolute Gasteiger partial charge is 0.513 e. The number of carboxylic acid groups (broad SMARTS) is 1. The van der Waals surface area contributed by atoms with Crippen LogP contribution in [-0.2, 0) is 30.2 Å². The molecule has 0 aliphatic rings. The summed E-state index contributed by atoms with van der Waals surface area (Å²) >= 11 is 0. The Morgan fingerprint density at radius 2 is 1.23 bits per heavy atom. The van der Waals surface area contributed by atoms with E-state index >= 15 is 0 Å². The summed E-state index contributed by atoms with van der Waals surface area (Å²) in [6.45, 7) is 13.3. The molecule has 0 spiro atoms. The van der Waals surface area contributed by atoms with Gasteiger partial charge in [0.05, 0.1) is 19.8 Å². The first-order valence-corrected chi connectivity index (χ1v) is 12.9. The summed E-state index contributed by atoms with van der Waals surface area (Å²) in [5, 5.41) is 12.5. The minimum absolute atomic E-state index is 0.0324. The summed E-state index contributed by atoms with van der Waals surface area (Å²) < 4.78 is 30.6. The van der Waals surface area contributed by atoms with Crippen molar-refractivity contribution in [3.05, 3.63) is 23.8 Å². The molecule has 0 bridgehead atoms. The summed E-state index contributed by atoms with van der Waals surface area (Å²) in [6.07, 6.45) is -3.52. The Labute approximate surface area is 229 Å². The maximum atomic E-state index is 12.2. The lowest BCUT2D eigenvalue weighted by molar-refractivity contribution is -0.139. The standard InChI is InChI=1S/C27H41NO11/c1-16(2)13-34-25(31)37-19(7)12-28-21(24(29)30)10-20-8-9-22(38-26(32)35-14-17(3)4)23(11-20)39-27(33)36-15-18(5)6/h8-9,11,16-19,21,28H,10,12-15H2,1-7H3,(H,29,30)/t19?,21-/m0/s1. The van der Waals surface area contributed by atoms with Crippen LogP contribution in [0.3, 0.4) is 0 Å². The Bertz CT molecular complexity index is 946. The zero-order valence-corrected chi connectivity index (χ0v) is 23.7. The van der Waals surface area contributed by atoms with E-state index < -0.39 is 36.6 Å². The first-order chi connectivity index (χ1) is 18.3. The molecule has 0 aliphatic carbocycles. The van der Waals surface area contributed by atoms with Crippen molar-refractivity contribution in [3.63, 3.8) is 0 Å². The molecule has 0 radical (unpaired) electrons. The van der Waals surface area contributed by atoms with E-state index in [9.17, 15) is 24.3 Å². The van der Waals surface area contributed by atoms with Gasteiger partial charge in [0.1, 0.15) is 12.1 Å². The third kappa shape index (κ3) is 14.8. The molecule has 0 fully saturated rings. The molecule has 1 aromatic rings. The molecule has 1 unspecified atom stereocenters. The van der Waals surface area contributed by atoms with Gasteiger partial charge in [-0.1, -0.05) is 47.6 Å². The first kappa shape index (κ1) is 33.5. The highest BCUT2D eigenvalue weighted by Gasteiger charge is 2.23. The number of nitrogens with one attached hydrogen (secondary N) is 1. The summed E-state index contributed by atoms with van der Waals surface area (Å²) in [5.41, 5.74) is 0.453. The van der Waals surface area contributed by atoms with Gasteiger partial charge in [0.2, 0.25) is 0 Å². The summed E-state index contributed by atoms with van der Waals surface area (Å²) in [7, 11) is 0. The van der Waals surface area contributed by atoms with Gasteiger partial charge in [-0.25, -0.2) is 14.4 Å². The Morgan fingerprint density at radius 1 is 0.744 bits per heavy atom. The fourth-order valence-electron chi connectivity index (χ4n) is 2.82. The zero-order chi connectivity index (χ0) is 29.5. The SMILES string of the molecule is CC(C)COC(=O)Oc1ccc(C[C@H](NCC(C)OC(=O)OCC(C)C)C(=O)O)cc1OC(=O)OCC(C)C. The van der Waals surface area contributed by atoms with Gasteiger partial charge in [0, 0.05) is 6.54 Å². The number of ether oxygens (including phenoxy) is 6. The van der Waals surface area contributed by atoms with E-state index in [1.54, 1.807) is 6.92 Å². The van der Waals surface area contributed by atoms with E-state index in [0.29, 0.717) is 5.56 Å². The smallest absolute Gasteiger partial charge is 0.480 e. The highest BCUT2D eigenvalue weighted by atomic mass is 16.7. The number of carbonyl (C=O) groups excluding carboxylic acids is 3. The Balaban J connectivity index is 2.95. The van der Waals surface area contributed by atoms with Crippen LogP contribution in [0, 0.1) is 17.8 Å². The topological polar surface area (TPSA) is 156 Å². The normalized spacial score (nSPS) is 12.6. The van der Waals surface area contributed by atoms with E-state index in [-0.39, 0.29) is 62.0 Å². The van der Waals surface area contributed by atoms with E-state index in [1.165, 1.54) is 18.2 Å². The third-order valence-corrected chi connectivity index (χ3v) is 4.69. The average molecular weight is 556 g/mol. The van der Waals surface area contributed by atoms with Crippen LogP contribution in [0.1, 0.15) is 54.0 Å². The number of aliphatic carboxylic acids is 1. The summed E-state index contributed by atoms with van der Waals surface area (Å²) in [6, 6.07) is 3.19. The maximum Gasteiger partial charge on any atom is 0.513 e. The van der Waals surface area contributed by atoms with Crippen molar-refractivity contribution < 1.29 is 52.7 Å². The van der Waals surface area contributed by atoms with Crippen LogP contribution >= 0.6 is 0 Å². The maximum absolute atomic E-state index is 12.2. The van der Waals surface area contributed by atoms with Gasteiger partial charge in [-0.15, -0.1) is 0 Å². The van der Waals surface area contributed by atoms with E-state index in [2.05, 4.69) is 5.32 Å². The molecule has 0 amide bonds. The molecule has 0 saturated heterocycles. The molecule has 1 rings (SSSR count). The number of rotatable bonds is 15. The fraction of sp³-hybridized carbons (Fsp3) is 0.630. The van der Waals surface area contributed by atoms with Crippen LogP contribution in [0.2, 0.25) is 0 Å². The lowest BCUT2D eigenvalue weighted by atomic mass is 10.0. The minimum Gasteiger partial charge on any atom is -0.480 e. The average Bonchev–Trinajstić information content (AvgIpc) is 2.84. The van der Waals surface area contributed by atoms with Gasteiger partial charge in [-0.2, -0.15) is 0 Å². The zero-order valence-electron chi connectivity index (χ0n) is 23.7. The molecule has 12 nitrogen and oxygen atoms in total. The Morgan fingerprint density at radius 3 is 1.72 bits per heavy atom. The Kier molecular flexibility index (Phi) is 14.7. The number of hydrogen-bond acceptors (Lipinski definition) is 11. The molecule has 2 atom stereocenters. The molecule has 1 aromatic carbocycles. The number of carboxylic acids is 1. The van der Waals surface area contributed by atoms with Gasteiger partial charge in [-0.3, -0.25) is 4.79 Å². The highest BCUT2D eigenvalue weighted by Crippen LogP contribution is 2.30. The van der Waals surface area contributed by atoms with Gasteiger partial charge in [0.25, 0.3) is 0 Å². The molecule has 0 aromatic heterocycles. The quantitative estimate of drug-likeness (QED) is 0.173. The predicted octanol–water partition coefficient (Wildman–Crippen LogP) is 4.81. The van der Waals surface area contributed by atoms with E-state index in [1.807, 2.05) is 41.5 Å². The van der Waals surface area contributed by atoms with Crippen molar-refractivity contribution >= 4 is 24.4 Å². The van der Waals surface area contributed by atoms with Crippen molar-refractivity contribution in [1.82, 2.24) is 5.32 Å². The molecule has 220 valence electrons. The van der Waals surface area contributed by atoms with Crippen molar-refractivity contribution in [2.45, 2.75) is 67.0 Å². The van der Waals surface area contributed by atoms with Gasteiger partial charge >= 0.3 is 24.4 Å². The van der Waals surface area contributed by atoms with Crippen molar-refractivity contribution in [1.29, 1.82) is 0 Å². The molecular formula is C27H41NO11. The van der Waals surface area contributed by atoms with Crippen LogP contribution in [0.5, 0.6) is 11.5 Å².